The first-order valence-electron chi connectivity index (χ1n) is 5.49. The van der Waals surface area contributed by atoms with E-state index in [2.05, 4.69) is 0 Å². The number of aryl methyl sites for hydroxylation is 1. The van der Waals surface area contributed by atoms with Crippen molar-refractivity contribution in [2.45, 2.75) is 13.5 Å². The van der Waals surface area contributed by atoms with E-state index in [1.807, 2.05) is 25.1 Å². The molecule has 2 aromatic carbocycles. The Labute approximate surface area is 116 Å². The summed E-state index contributed by atoms with van der Waals surface area (Å²) in [4.78, 5) is 0. The Balaban J connectivity index is 2.11. The van der Waals surface area contributed by atoms with Gasteiger partial charge in [0.2, 0.25) is 0 Å². The third-order valence-corrected chi connectivity index (χ3v) is 3.29. The van der Waals surface area contributed by atoms with Gasteiger partial charge in [0, 0.05) is 21.3 Å². The second-order valence-electron chi connectivity index (χ2n) is 4.04. The van der Waals surface area contributed by atoms with E-state index in [0.29, 0.717) is 17.3 Å². The minimum atomic E-state index is 0.382. The van der Waals surface area contributed by atoms with Gasteiger partial charge in [-0.3, -0.25) is 0 Å². The predicted molar refractivity (Wildman–Crippen MR) is 76.4 cm³/mol. The second kappa shape index (κ2) is 5.51. The summed E-state index contributed by atoms with van der Waals surface area (Å²) < 4.78 is 5.67. The summed E-state index contributed by atoms with van der Waals surface area (Å²) in [5.41, 5.74) is 8.37. The number of anilines is 1. The normalized spacial score (nSPS) is 10.4. The summed E-state index contributed by atoms with van der Waals surface area (Å²) in [6.07, 6.45) is 0. The molecule has 0 unspecified atom stereocenters. The maximum Gasteiger partial charge on any atom is 0.120 e. The summed E-state index contributed by atoms with van der Waals surface area (Å²) in [6.45, 7) is 2.32. The molecule has 0 fully saturated rings. The monoisotopic (exact) mass is 281 g/mol. The summed E-state index contributed by atoms with van der Waals surface area (Å²) in [6, 6.07) is 10.9. The zero-order valence-electron chi connectivity index (χ0n) is 9.91. The molecule has 0 amide bonds. The molecule has 0 aliphatic carbocycles. The SMILES string of the molecule is Cc1cc(OCc2cc(Cl)ccc2N)ccc1Cl. The molecule has 0 saturated heterocycles. The Morgan fingerprint density at radius 3 is 2.61 bits per heavy atom. The molecule has 0 aliphatic heterocycles. The third-order valence-electron chi connectivity index (χ3n) is 2.63. The Kier molecular flexibility index (Phi) is 4.00. The molecule has 0 atom stereocenters. The number of halogens is 2. The van der Waals surface area contributed by atoms with Gasteiger partial charge in [-0.1, -0.05) is 23.2 Å². The van der Waals surface area contributed by atoms with Crippen LogP contribution in [0, 0.1) is 6.92 Å². The topological polar surface area (TPSA) is 35.2 Å². The van der Waals surface area contributed by atoms with Gasteiger partial charge in [-0.2, -0.15) is 0 Å². The van der Waals surface area contributed by atoms with Crippen LogP contribution < -0.4 is 10.5 Å². The van der Waals surface area contributed by atoms with E-state index in [1.165, 1.54) is 0 Å². The quantitative estimate of drug-likeness (QED) is 0.843. The summed E-state index contributed by atoms with van der Waals surface area (Å²) >= 11 is 11.9. The highest BCUT2D eigenvalue weighted by Crippen LogP contribution is 2.23. The van der Waals surface area contributed by atoms with Crippen LogP contribution in [-0.4, -0.2) is 0 Å². The van der Waals surface area contributed by atoms with Crippen LogP contribution in [0.25, 0.3) is 0 Å². The molecule has 0 spiro atoms. The maximum atomic E-state index is 5.95. The highest BCUT2D eigenvalue weighted by Gasteiger charge is 2.03. The van der Waals surface area contributed by atoms with E-state index in [1.54, 1.807) is 18.2 Å². The van der Waals surface area contributed by atoms with E-state index in [9.17, 15) is 0 Å². The fourth-order valence-corrected chi connectivity index (χ4v) is 1.88. The number of hydrogen-bond acceptors (Lipinski definition) is 2. The van der Waals surface area contributed by atoms with E-state index in [0.717, 1.165) is 21.9 Å². The van der Waals surface area contributed by atoms with Crippen LogP contribution in [0.2, 0.25) is 10.0 Å². The van der Waals surface area contributed by atoms with Gasteiger partial charge in [0.25, 0.3) is 0 Å². The van der Waals surface area contributed by atoms with Gasteiger partial charge >= 0.3 is 0 Å². The number of ether oxygens (including phenoxy) is 1. The van der Waals surface area contributed by atoms with Crippen molar-refractivity contribution < 1.29 is 4.74 Å². The molecule has 2 nitrogen and oxygen atoms in total. The van der Waals surface area contributed by atoms with Crippen LogP contribution in [0.5, 0.6) is 5.75 Å². The molecule has 0 bridgehead atoms. The Bertz CT molecular complexity index is 570. The van der Waals surface area contributed by atoms with Crippen LogP contribution in [0.15, 0.2) is 36.4 Å². The van der Waals surface area contributed by atoms with Crippen molar-refractivity contribution in [1.82, 2.24) is 0 Å². The Morgan fingerprint density at radius 1 is 1.11 bits per heavy atom. The number of nitrogen functional groups attached to an aromatic ring is 1. The third kappa shape index (κ3) is 3.09. The number of benzene rings is 2. The lowest BCUT2D eigenvalue weighted by Crippen LogP contribution is -2.00. The first kappa shape index (κ1) is 13.1. The average molecular weight is 282 g/mol. The lowest BCUT2D eigenvalue weighted by molar-refractivity contribution is 0.307. The van der Waals surface area contributed by atoms with E-state index < -0.39 is 0 Å². The molecular formula is C14H13Cl2NO. The zero-order chi connectivity index (χ0) is 13.1. The van der Waals surface area contributed by atoms with Gasteiger partial charge in [-0.05, 0) is 48.9 Å². The Morgan fingerprint density at radius 2 is 1.89 bits per heavy atom. The van der Waals surface area contributed by atoms with Crippen molar-refractivity contribution in [3.63, 3.8) is 0 Å². The molecule has 0 aliphatic rings. The largest absolute Gasteiger partial charge is 0.489 e. The van der Waals surface area contributed by atoms with Crippen LogP contribution in [0.3, 0.4) is 0 Å². The molecule has 0 saturated carbocycles. The van der Waals surface area contributed by atoms with Gasteiger partial charge in [-0.15, -0.1) is 0 Å². The van der Waals surface area contributed by atoms with Gasteiger partial charge in [0.1, 0.15) is 12.4 Å². The van der Waals surface area contributed by atoms with Crippen molar-refractivity contribution in [3.8, 4) is 5.75 Å². The van der Waals surface area contributed by atoms with E-state index >= 15 is 0 Å². The van der Waals surface area contributed by atoms with Crippen LogP contribution in [-0.2, 0) is 6.61 Å². The highest BCUT2D eigenvalue weighted by molar-refractivity contribution is 6.31. The van der Waals surface area contributed by atoms with Crippen LogP contribution in [0.1, 0.15) is 11.1 Å². The first-order chi connectivity index (χ1) is 8.56. The molecule has 2 rings (SSSR count). The lowest BCUT2D eigenvalue weighted by Gasteiger charge is -2.10. The fourth-order valence-electron chi connectivity index (χ4n) is 1.57. The minimum Gasteiger partial charge on any atom is -0.489 e. The van der Waals surface area contributed by atoms with Gasteiger partial charge in [0.15, 0.2) is 0 Å². The molecule has 2 N–H and O–H groups in total. The number of nitrogens with two attached hydrogens (primary N) is 1. The lowest BCUT2D eigenvalue weighted by atomic mass is 10.2. The highest BCUT2D eigenvalue weighted by atomic mass is 35.5. The van der Waals surface area contributed by atoms with Gasteiger partial charge in [0.05, 0.1) is 0 Å². The van der Waals surface area contributed by atoms with Crippen molar-refractivity contribution >= 4 is 28.9 Å². The molecule has 4 heteroatoms. The fraction of sp³-hybridized carbons (Fsp3) is 0.143. The molecule has 18 heavy (non-hydrogen) atoms. The number of hydrogen-bond donors (Lipinski definition) is 1. The minimum absolute atomic E-state index is 0.382. The first-order valence-corrected chi connectivity index (χ1v) is 6.24. The zero-order valence-corrected chi connectivity index (χ0v) is 11.4. The molecule has 94 valence electrons. The smallest absolute Gasteiger partial charge is 0.120 e. The second-order valence-corrected chi connectivity index (χ2v) is 4.89. The summed E-state index contributed by atoms with van der Waals surface area (Å²) in [5, 5.41) is 1.37. The van der Waals surface area contributed by atoms with E-state index in [4.69, 9.17) is 33.7 Å². The average Bonchev–Trinajstić information content (AvgIpc) is 2.34. The summed E-state index contributed by atoms with van der Waals surface area (Å²) in [7, 11) is 0. The molecule has 2 aromatic rings. The molecule has 0 heterocycles. The molecule has 0 aromatic heterocycles. The van der Waals surface area contributed by atoms with Crippen LogP contribution >= 0.6 is 23.2 Å². The molecular weight excluding hydrogens is 269 g/mol. The van der Waals surface area contributed by atoms with Crippen molar-refractivity contribution in [2.24, 2.45) is 0 Å². The predicted octanol–water partition coefficient (Wildman–Crippen LogP) is 4.46. The molecule has 0 radical (unpaired) electrons. The Hall–Kier alpha value is -1.38. The van der Waals surface area contributed by atoms with Crippen molar-refractivity contribution in [2.75, 3.05) is 5.73 Å². The maximum absolute atomic E-state index is 5.95. The van der Waals surface area contributed by atoms with Crippen LogP contribution in [0.4, 0.5) is 5.69 Å². The van der Waals surface area contributed by atoms with E-state index in [-0.39, 0.29) is 0 Å². The van der Waals surface area contributed by atoms with Crippen molar-refractivity contribution in [3.05, 3.63) is 57.6 Å². The summed E-state index contributed by atoms with van der Waals surface area (Å²) in [5.74, 6) is 0.760. The van der Waals surface area contributed by atoms with Gasteiger partial charge < -0.3 is 10.5 Å². The standard InChI is InChI=1S/C14H13Cl2NO/c1-9-6-12(3-4-13(9)16)18-8-10-7-11(15)2-5-14(10)17/h2-7H,8,17H2,1H3. The van der Waals surface area contributed by atoms with Gasteiger partial charge in [-0.25, -0.2) is 0 Å². The number of rotatable bonds is 3. The van der Waals surface area contributed by atoms with Crippen molar-refractivity contribution in [1.29, 1.82) is 0 Å².